The van der Waals surface area contributed by atoms with Gasteiger partial charge in [0.05, 0.1) is 17.8 Å². The van der Waals surface area contributed by atoms with Gasteiger partial charge in [-0.15, -0.1) is 0 Å². The molecule has 116 valence electrons. The lowest BCUT2D eigenvalue weighted by molar-refractivity contribution is 0.0692. The molecule has 0 saturated carbocycles. The zero-order valence-corrected chi connectivity index (χ0v) is 13.1. The molecule has 0 saturated heterocycles. The summed E-state index contributed by atoms with van der Waals surface area (Å²) >= 11 is 0. The third kappa shape index (κ3) is 3.12. The topological polar surface area (TPSA) is 80.7 Å². The van der Waals surface area contributed by atoms with Crippen molar-refractivity contribution in [3.05, 3.63) is 59.2 Å². The maximum Gasteiger partial charge on any atom is 0.339 e. The van der Waals surface area contributed by atoms with Gasteiger partial charge in [0.1, 0.15) is 11.3 Å². The molecule has 0 aliphatic heterocycles. The highest BCUT2D eigenvalue weighted by Gasteiger charge is 2.23. The van der Waals surface area contributed by atoms with Crippen molar-refractivity contribution < 1.29 is 23.1 Å². The summed E-state index contributed by atoms with van der Waals surface area (Å²) in [5.74, 6) is -1.46. The summed E-state index contributed by atoms with van der Waals surface area (Å²) in [7, 11) is -2.30. The van der Waals surface area contributed by atoms with E-state index in [1.165, 1.54) is 25.3 Å². The zero-order valence-electron chi connectivity index (χ0n) is 12.2. The third-order valence-electron chi connectivity index (χ3n) is 3.32. The lowest BCUT2D eigenvalue weighted by atomic mass is 10.1. The first-order chi connectivity index (χ1) is 10.4. The van der Waals surface area contributed by atoms with Gasteiger partial charge >= 0.3 is 5.97 Å². The Morgan fingerprint density at radius 2 is 1.82 bits per heavy atom. The van der Waals surface area contributed by atoms with Crippen molar-refractivity contribution in [1.82, 2.24) is 0 Å². The van der Waals surface area contributed by atoms with Crippen LogP contribution in [0.5, 0.6) is 5.75 Å². The quantitative estimate of drug-likeness (QED) is 0.916. The van der Waals surface area contributed by atoms with Crippen LogP contribution in [-0.4, -0.2) is 26.6 Å². The van der Waals surface area contributed by atoms with E-state index in [9.17, 15) is 18.3 Å². The standard InChI is InChI=1S/C16H16O5S/c1-11-6-3-4-9-14(11)22(19,20)10-12-7-5-8-13(21-2)15(12)16(17)18/h3-9H,10H2,1-2H3,(H,17,18). The molecule has 2 aromatic rings. The number of benzene rings is 2. The van der Waals surface area contributed by atoms with E-state index in [0.29, 0.717) is 5.56 Å². The number of methoxy groups -OCH3 is 1. The van der Waals surface area contributed by atoms with Crippen molar-refractivity contribution in [1.29, 1.82) is 0 Å². The molecule has 2 rings (SSSR count). The Morgan fingerprint density at radius 3 is 2.41 bits per heavy atom. The molecule has 0 aliphatic carbocycles. The second kappa shape index (κ2) is 6.19. The van der Waals surface area contributed by atoms with Crippen LogP contribution in [0, 0.1) is 6.92 Å². The van der Waals surface area contributed by atoms with Gasteiger partial charge in [0.2, 0.25) is 0 Å². The molecule has 0 unspecified atom stereocenters. The van der Waals surface area contributed by atoms with Crippen molar-refractivity contribution >= 4 is 15.8 Å². The highest BCUT2D eigenvalue weighted by molar-refractivity contribution is 7.90. The monoisotopic (exact) mass is 320 g/mol. The van der Waals surface area contributed by atoms with Crippen LogP contribution < -0.4 is 4.74 Å². The number of ether oxygens (including phenoxy) is 1. The number of carboxylic acid groups (broad SMARTS) is 1. The number of rotatable bonds is 5. The third-order valence-corrected chi connectivity index (χ3v) is 5.14. The molecule has 6 heteroatoms. The van der Waals surface area contributed by atoms with E-state index in [1.54, 1.807) is 31.2 Å². The molecule has 0 heterocycles. The predicted octanol–water partition coefficient (Wildman–Crippen LogP) is 2.68. The van der Waals surface area contributed by atoms with Gasteiger partial charge in [-0.1, -0.05) is 30.3 Å². The van der Waals surface area contributed by atoms with E-state index < -0.39 is 21.6 Å². The van der Waals surface area contributed by atoms with Gasteiger partial charge in [-0.25, -0.2) is 13.2 Å². The van der Waals surface area contributed by atoms with Crippen molar-refractivity contribution in [2.45, 2.75) is 17.6 Å². The summed E-state index contributed by atoms with van der Waals surface area (Å²) in [4.78, 5) is 11.6. The molecule has 0 bridgehead atoms. The zero-order chi connectivity index (χ0) is 16.3. The van der Waals surface area contributed by atoms with Crippen LogP contribution in [0.4, 0.5) is 0 Å². The lowest BCUT2D eigenvalue weighted by Crippen LogP contribution is -2.12. The first-order valence-electron chi connectivity index (χ1n) is 6.54. The van der Waals surface area contributed by atoms with Gasteiger partial charge in [0, 0.05) is 0 Å². The average Bonchev–Trinajstić information content (AvgIpc) is 2.46. The van der Waals surface area contributed by atoms with Crippen molar-refractivity contribution in [3.8, 4) is 5.75 Å². The molecule has 2 aromatic carbocycles. The number of aromatic carboxylic acids is 1. The van der Waals surface area contributed by atoms with Crippen LogP contribution in [0.3, 0.4) is 0 Å². The Balaban J connectivity index is 2.52. The molecule has 0 spiro atoms. The Morgan fingerprint density at radius 1 is 1.14 bits per heavy atom. The average molecular weight is 320 g/mol. The maximum atomic E-state index is 12.6. The second-order valence-electron chi connectivity index (χ2n) is 4.82. The normalized spacial score (nSPS) is 11.2. The molecule has 5 nitrogen and oxygen atoms in total. The Labute approximate surface area is 129 Å². The number of aryl methyl sites for hydroxylation is 1. The molecule has 0 radical (unpaired) electrons. The number of sulfone groups is 1. The first kappa shape index (κ1) is 16.0. The van der Waals surface area contributed by atoms with Crippen molar-refractivity contribution in [2.75, 3.05) is 7.11 Å². The van der Waals surface area contributed by atoms with E-state index >= 15 is 0 Å². The Bertz CT molecular complexity index is 809. The van der Waals surface area contributed by atoms with Crippen LogP contribution in [0.2, 0.25) is 0 Å². The molecular formula is C16H16O5S. The van der Waals surface area contributed by atoms with E-state index in [4.69, 9.17) is 4.74 Å². The summed E-state index contributed by atoms with van der Waals surface area (Å²) in [5.41, 5.74) is 0.708. The fourth-order valence-electron chi connectivity index (χ4n) is 2.30. The first-order valence-corrected chi connectivity index (χ1v) is 8.19. The Hall–Kier alpha value is -2.34. The minimum Gasteiger partial charge on any atom is -0.496 e. The van der Waals surface area contributed by atoms with E-state index in [-0.39, 0.29) is 21.8 Å². The van der Waals surface area contributed by atoms with Gasteiger partial charge in [-0.05, 0) is 30.2 Å². The summed E-state index contributed by atoms with van der Waals surface area (Å²) in [6.07, 6.45) is 0. The molecule has 1 N–H and O–H groups in total. The van der Waals surface area contributed by atoms with Crippen molar-refractivity contribution in [2.24, 2.45) is 0 Å². The molecule has 22 heavy (non-hydrogen) atoms. The SMILES string of the molecule is COc1cccc(CS(=O)(=O)c2ccccc2C)c1C(=O)O. The highest BCUT2D eigenvalue weighted by Crippen LogP contribution is 2.27. The lowest BCUT2D eigenvalue weighted by Gasteiger charge is -2.12. The summed E-state index contributed by atoms with van der Waals surface area (Å²) < 4.78 is 30.1. The van der Waals surface area contributed by atoms with Gasteiger partial charge in [0.25, 0.3) is 0 Å². The van der Waals surface area contributed by atoms with E-state index in [0.717, 1.165) is 0 Å². The van der Waals surface area contributed by atoms with Crippen LogP contribution in [0.15, 0.2) is 47.4 Å². The van der Waals surface area contributed by atoms with E-state index in [1.807, 2.05) is 0 Å². The fraction of sp³-hybridized carbons (Fsp3) is 0.188. The highest BCUT2D eigenvalue weighted by atomic mass is 32.2. The minimum atomic E-state index is -3.64. The van der Waals surface area contributed by atoms with Crippen LogP contribution in [0.1, 0.15) is 21.5 Å². The molecule has 0 aromatic heterocycles. The maximum absolute atomic E-state index is 12.6. The van der Waals surface area contributed by atoms with Gasteiger partial charge in [0.15, 0.2) is 9.84 Å². The van der Waals surface area contributed by atoms with Crippen LogP contribution >= 0.6 is 0 Å². The number of hydrogen-bond donors (Lipinski definition) is 1. The van der Waals surface area contributed by atoms with Crippen LogP contribution in [-0.2, 0) is 15.6 Å². The largest absolute Gasteiger partial charge is 0.496 e. The smallest absolute Gasteiger partial charge is 0.339 e. The van der Waals surface area contributed by atoms with Gasteiger partial charge in [-0.3, -0.25) is 0 Å². The van der Waals surface area contributed by atoms with Crippen molar-refractivity contribution in [3.63, 3.8) is 0 Å². The van der Waals surface area contributed by atoms with E-state index in [2.05, 4.69) is 0 Å². The predicted molar refractivity (Wildman–Crippen MR) is 82.0 cm³/mol. The summed E-state index contributed by atoms with van der Waals surface area (Å²) in [6.45, 7) is 1.70. The molecule has 0 atom stereocenters. The number of hydrogen-bond acceptors (Lipinski definition) is 4. The number of carboxylic acids is 1. The second-order valence-corrected chi connectivity index (χ2v) is 6.78. The number of carbonyl (C=O) groups is 1. The molecule has 0 aliphatic rings. The summed E-state index contributed by atoms with van der Waals surface area (Å²) in [5, 5.41) is 9.32. The van der Waals surface area contributed by atoms with Gasteiger partial charge < -0.3 is 9.84 Å². The summed E-state index contributed by atoms with van der Waals surface area (Å²) in [6, 6.07) is 11.2. The minimum absolute atomic E-state index is 0.123. The van der Waals surface area contributed by atoms with Gasteiger partial charge in [-0.2, -0.15) is 0 Å². The molecular weight excluding hydrogens is 304 g/mol. The Kier molecular flexibility index (Phi) is 4.51. The fourth-order valence-corrected chi connectivity index (χ4v) is 3.95. The van der Waals surface area contributed by atoms with Crippen LogP contribution in [0.25, 0.3) is 0 Å². The molecule has 0 fully saturated rings. The molecule has 0 amide bonds.